The Morgan fingerprint density at radius 3 is 2.85 bits per heavy atom. The molecule has 1 aliphatic rings. The average Bonchev–Trinajstić information content (AvgIpc) is 2.93. The average molecular weight is 278 g/mol. The zero-order chi connectivity index (χ0) is 14.4. The van der Waals surface area contributed by atoms with Crippen LogP contribution in [-0.4, -0.2) is 22.8 Å². The molecule has 1 fully saturated rings. The van der Waals surface area contributed by atoms with Gasteiger partial charge in [0.15, 0.2) is 0 Å². The Hall–Kier alpha value is -0.800. The van der Waals surface area contributed by atoms with Gasteiger partial charge in [0.2, 0.25) is 0 Å². The van der Waals surface area contributed by atoms with Gasteiger partial charge in [0, 0.05) is 37.6 Å². The van der Waals surface area contributed by atoms with Crippen LogP contribution in [0.1, 0.15) is 58.6 Å². The van der Waals surface area contributed by atoms with E-state index in [0.29, 0.717) is 6.04 Å². The Bertz CT molecular complexity index is 395. The lowest BCUT2D eigenvalue weighted by molar-refractivity contribution is -0.0932. The summed E-state index contributed by atoms with van der Waals surface area (Å²) in [4.78, 5) is 0. The maximum absolute atomic E-state index is 6.05. The highest BCUT2D eigenvalue weighted by atomic mass is 16.5. The molecule has 20 heavy (non-hydrogen) atoms. The van der Waals surface area contributed by atoms with Crippen molar-refractivity contribution in [2.75, 3.05) is 6.61 Å². The monoisotopic (exact) mass is 278 g/mol. The smallest absolute Gasteiger partial charge is 0.0692 e. The van der Waals surface area contributed by atoms with Gasteiger partial charge < -0.3 is 14.6 Å². The minimum absolute atomic E-state index is 0.112. The van der Waals surface area contributed by atoms with Crippen LogP contribution in [0.25, 0.3) is 0 Å². The summed E-state index contributed by atoms with van der Waals surface area (Å²) in [6.07, 6.45) is 7.90. The molecule has 0 radical (unpaired) electrons. The molecule has 0 amide bonds. The lowest BCUT2D eigenvalue weighted by Gasteiger charge is -2.40. The quantitative estimate of drug-likeness (QED) is 0.822. The first-order valence-electron chi connectivity index (χ1n) is 8.24. The molecule has 0 spiro atoms. The predicted molar refractivity (Wildman–Crippen MR) is 83.8 cm³/mol. The summed E-state index contributed by atoms with van der Waals surface area (Å²) >= 11 is 0. The predicted octanol–water partition coefficient (Wildman–Crippen LogP) is 3.73. The normalized spacial score (nSPS) is 22.1. The summed E-state index contributed by atoms with van der Waals surface area (Å²) in [7, 11) is 0. The summed E-state index contributed by atoms with van der Waals surface area (Å²) in [6.45, 7) is 9.71. The maximum Gasteiger partial charge on any atom is 0.0692 e. The molecule has 3 nitrogen and oxygen atoms in total. The van der Waals surface area contributed by atoms with Crippen molar-refractivity contribution in [3.05, 3.63) is 24.0 Å². The summed E-state index contributed by atoms with van der Waals surface area (Å²) in [5.74, 6) is 0. The SMILES string of the molecule is CCCn1cccc1CNC1CCOC(CC)(CC)C1. The second-order valence-electron chi connectivity index (χ2n) is 6.00. The molecule has 1 atom stereocenters. The van der Waals surface area contributed by atoms with Crippen molar-refractivity contribution in [1.29, 1.82) is 0 Å². The van der Waals surface area contributed by atoms with Crippen molar-refractivity contribution in [3.8, 4) is 0 Å². The second kappa shape index (κ2) is 7.28. The first-order chi connectivity index (χ1) is 9.73. The van der Waals surface area contributed by atoms with Gasteiger partial charge in [-0.15, -0.1) is 0 Å². The minimum Gasteiger partial charge on any atom is -0.375 e. The summed E-state index contributed by atoms with van der Waals surface area (Å²) < 4.78 is 8.41. The Labute approximate surface area is 123 Å². The fourth-order valence-corrected chi connectivity index (χ4v) is 3.26. The van der Waals surface area contributed by atoms with E-state index >= 15 is 0 Å². The number of ether oxygens (including phenoxy) is 1. The zero-order valence-corrected chi connectivity index (χ0v) is 13.3. The van der Waals surface area contributed by atoms with Gasteiger partial charge in [-0.25, -0.2) is 0 Å². The van der Waals surface area contributed by atoms with Crippen molar-refractivity contribution >= 4 is 0 Å². The van der Waals surface area contributed by atoms with E-state index < -0.39 is 0 Å². The van der Waals surface area contributed by atoms with Crippen LogP contribution in [0.2, 0.25) is 0 Å². The molecule has 1 aliphatic heterocycles. The molecule has 0 bridgehead atoms. The number of aromatic nitrogens is 1. The van der Waals surface area contributed by atoms with Crippen molar-refractivity contribution in [1.82, 2.24) is 9.88 Å². The Morgan fingerprint density at radius 2 is 2.15 bits per heavy atom. The molecular weight excluding hydrogens is 248 g/mol. The summed E-state index contributed by atoms with van der Waals surface area (Å²) in [6, 6.07) is 4.97. The first-order valence-corrected chi connectivity index (χ1v) is 8.24. The van der Waals surface area contributed by atoms with E-state index in [1.807, 2.05) is 0 Å². The highest BCUT2D eigenvalue weighted by molar-refractivity contribution is 5.07. The molecule has 0 saturated carbocycles. The maximum atomic E-state index is 6.05. The van der Waals surface area contributed by atoms with Crippen LogP contribution < -0.4 is 5.32 Å². The molecule has 2 heterocycles. The molecule has 2 rings (SSSR count). The molecule has 114 valence electrons. The van der Waals surface area contributed by atoms with Crippen LogP contribution in [0.15, 0.2) is 18.3 Å². The van der Waals surface area contributed by atoms with Crippen LogP contribution in [0.5, 0.6) is 0 Å². The highest BCUT2D eigenvalue weighted by Gasteiger charge is 2.34. The van der Waals surface area contributed by atoms with Crippen LogP contribution in [0, 0.1) is 0 Å². The lowest BCUT2D eigenvalue weighted by Crippen LogP contribution is -2.46. The van der Waals surface area contributed by atoms with E-state index in [0.717, 1.165) is 45.4 Å². The van der Waals surface area contributed by atoms with Crippen LogP contribution in [-0.2, 0) is 17.8 Å². The Kier molecular flexibility index (Phi) is 5.67. The molecule has 1 aromatic heterocycles. The minimum atomic E-state index is 0.112. The molecule has 0 aromatic carbocycles. The molecular formula is C17H30N2O. The van der Waals surface area contributed by atoms with Crippen molar-refractivity contribution < 1.29 is 4.74 Å². The Balaban J connectivity index is 1.88. The number of nitrogens with one attached hydrogen (secondary N) is 1. The fourth-order valence-electron chi connectivity index (χ4n) is 3.26. The van der Waals surface area contributed by atoms with E-state index in [1.54, 1.807) is 0 Å². The number of nitrogens with zero attached hydrogens (tertiary/aromatic N) is 1. The van der Waals surface area contributed by atoms with Gasteiger partial charge in [0.25, 0.3) is 0 Å². The number of hydrogen-bond acceptors (Lipinski definition) is 2. The zero-order valence-electron chi connectivity index (χ0n) is 13.3. The molecule has 0 aliphatic carbocycles. The topological polar surface area (TPSA) is 26.2 Å². The third kappa shape index (κ3) is 3.64. The van der Waals surface area contributed by atoms with Crippen LogP contribution in [0.4, 0.5) is 0 Å². The van der Waals surface area contributed by atoms with Crippen molar-refractivity contribution in [2.45, 2.75) is 77.6 Å². The Morgan fingerprint density at radius 1 is 1.35 bits per heavy atom. The lowest BCUT2D eigenvalue weighted by atomic mass is 9.86. The number of rotatable bonds is 7. The highest BCUT2D eigenvalue weighted by Crippen LogP contribution is 2.31. The summed E-state index contributed by atoms with van der Waals surface area (Å²) in [5.41, 5.74) is 1.51. The van der Waals surface area contributed by atoms with E-state index in [-0.39, 0.29) is 5.60 Å². The van der Waals surface area contributed by atoms with E-state index in [4.69, 9.17) is 4.74 Å². The van der Waals surface area contributed by atoms with E-state index in [9.17, 15) is 0 Å². The molecule has 1 N–H and O–H groups in total. The third-order valence-corrected chi connectivity index (χ3v) is 4.74. The number of hydrogen-bond donors (Lipinski definition) is 1. The van der Waals surface area contributed by atoms with Gasteiger partial charge in [0.1, 0.15) is 0 Å². The van der Waals surface area contributed by atoms with Gasteiger partial charge in [-0.1, -0.05) is 20.8 Å². The van der Waals surface area contributed by atoms with Gasteiger partial charge in [-0.2, -0.15) is 0 Å². The first kappa shape index (κ1) is 15.6. The van der Waals surface area contributed by atoms with Gasteiger partial charge in [-0.3, -0.25) is 0 Å². The van der Waals surface area contributed by atoms with Gasteiger partial charge in [-0.05, 0) is 44.2 Å². The van der Waals surface area contributed by atoms with Crippen molar-refractivity contribution in [3.63, 3.8) is 0 Å². The molecule has 1 saturated heterocycles. The fraction of sp³-hybridized carbons (Fsp3) is 0.765. The van der Waals surface area contributed by atoms with Crippen molar-refractivity contribution in [2.24, 2.45) is 0 Å². The standard InChI is InChI=1S/C17H30N2O/c1-4-10-19-11-7-8-16(19)14-18-15-9-12-20-17(5-2,6-3)13-15/h7-8,11,15,18H,4-6,9-10,12-14H2,1-3H3. The molecule has 1 unspecified atom stereocenters. The van der Waals surface area contributed by atoms with E-state index in [1.165, 1.54) is 12.1 Å². The van der Waals surface area contributed by atoms with Gasteiger partial charge in [0.05, 0.1) is 5.60 Å². The van der Waals surface area contributed by atoms with Crippen LogP contribution >= 0.6 is 0 Å². The van der Waals surface area contributed by atoms with E-state index in [2.05, 4.69) is 49.0 Å². The second-order valence-corrected chi connectivity index (χ2v) is 6.00. The third-order valence-electron chi connectivity index (χ3n) is 4.74. The molecule has 1 aromatic rings. The van der Waals surface area contributed by atoms with Crippen LogP contribution in [0.3, 0.4) is 0 Å². The van der Waals surface area contributed by atoms with Gasteiger partial charge >= 0.3 is 0 Å². The summed E-state index contributed by atoms with van der Waals surface area (Å²) in [5, 5.41) is 3.75. The number of aryl methyl sites for hydroxylation is 1. The molecule has 3 heteroatoms. The largest absolute Gasteiger partial charge is 0.375 e.